The Bertz CT molecular complexity index is 918. The first kappa shape index (κ1) is 20.5. The van der Waals surface area contributed by atoms with Crippen LogP contribution in [0.15, 0.2) is 53.4 Å². The average molecular weight is 403 g/mol. The van der Waals surface area contributed by atoms with Gasteiger partial charge in [0.15, 0.2) is 6.54 Å². The summed E-state index contributed by atoms with van der Waals surface area (Å²) < 4.78 is 27.1. The smallest absolute Gasteiger partial charge is 0.279 e. The third-order valence-corrected chi connectivity index (χ3v) is 7.03. The van der Waals surface area contributed by atoms with E-state index in [9.17, 15) is 13.2 Å². The van der Waals surface area contributed by atoms with Crippen molar-refractivity contribution in [2.75, 3.05) is 38.0 Å². The van der Waals surface area contributed by atoms with Gasteiger partial charge in [-0.05, 0) is 43.2 Å². The number of benzene rings is 2. The molecule has 2 aromatic rings. The molecule has 0 unspecified atom stereocenters. The molecule has 0 aromatic heterocycles. The van der Waals surface area contributed by atoms with Crippen LogP contribution in [0.3, 0.4) is 0 Å². The number of carbonyl (C=O) groups excluding carboxylic acids is 1. The minimum Gasteiger partial charge on any atom is -0.325 e. The monoisotopic (exact) mass is 402 g/mol. The predicted molar refractivity (Wildman–Crippen MR) is 110 cm³/mol. The molecule has 2 N–H and O–H groups in total. The Balaban J connectivity index is 1.53. The molecular weight excluding hydrogens is 374 g/mol. The van der Waals surface area contributed by atoms with E-state index in [2.05, 4.69) is 12.2 Å². The maximum absolute atomic E-state index is 12.8. The first-order valence-electron chi connectivity index (χ1n) is 9.67. The lowest BCUT2D eigenvalue weighted by Gasteiger charge is -2.31. The maximum Gasteiger partial charge on any atom is 0.279 e. The topological polar surface area (TPSA) is 70.9 Å². The highest BCUT2D eigenvalue weighted by Crippen LogP contribution is 2.16. The number of rotatable bonds is 6. The molecule has 1 heterocycles. The van der Waals surface area contributed by atoms with Crippen LogP contribution in [0.5, 0.6) is 0 Å². The summed E-state index contributed by atoms with van der Waals surface area (Å²) in [6, 6.07) is 14.8. The van der Waals surface area contributed by atoms with E-state index >= 15 is 0 Å². The summed E-state index contributed by atoms with van der Waals surface area (Å²) in [5.74, 6) is -0.0434. The van der Waals surface area contributed by atoms with E-state index < -0.39 is 10.0 Å². The van der Waals surface area contributed by atoms with Gasteiger partial charge in [0.1, 0.15) is 0 Å². The number of sulfonamides is 1. The Morgan fingerprint density at radius 1 is 1.11 bits per heavy atom. The minimum atomic E-state index is -3.47. The Morgan fingerprint density at radius 2 is 1.79 bits per heavy atom. The third-order valence-electron chi connectivity index (χ3n) is 5.12. The summed E-state index contributed by atoms with van der Waals surface area (Å²) in [5.41, 5.74) is 3.02. The lowest BCUT2D eigenvalue weighted by Crippen LogP contribution is -3.15. The first-order valence-corrected chi connectivity index (χ1v) is 11.1. The van der Waals surface area contributed by atoms with E-state index in [-0.39, 0.29) is 5.91 Å². The molecule has 0 bridgehead atoms. The van der Waals surface area contributed by atoms with Crippen LogP contribution < -0.4 is 10.2 Å². The highest BCUT2D eigenvalue weighted by Gasteiger charge is 2.31. The number of quaternary nitrogens is 1. The number of piperazine rings is 1. The van der Waals surface area contributed by atoms with Gasteiger partial charge in [-0.3, -0.25) is 4.79 Å². The van der Waals surface area contributed by atoms with Gasteiger partial charge in [-0.25, -0.2) is 8.42 Å². The van der Waals surface area contributed by atoms with Crippen LogP contribution in [-0.4, -0.2) is 51.4 Å². The first-order chi connectivity index (χ1) is 13.4. The van der Waals surface area contributed by atoms with E-state index in [1.165, 1.54) is 9.87 Å². The highest BCUT2D eigenvalue weighted by atomic mass is 32.2. The van der Waals surface area contributed by atoms with Gasteiger partial charge in [0, 0.05) is 5.69 Å². The lowest BCUT2D eigenvalue weighted by atomic mass is 10.1. The number of nitrogens with one attached hydrogen (secondary N) is 2. The zero-order valence-corrected chi connectivity index (χ0v) is 17.3. The zero-order chi connectivity index (χ0) is 20.1. The molecule has 2 aromatic carbocycles. The second kappa shape index (κ2) is 8.86. The van der Waals surface area contributed by atoms with E-state index in [0.717, 1.165) is 22.6 Å². The number of carbonyl (C=O) groups is 1. The molecule has 1 fully saturated rings. The second-order valence-electron chi connectivity index (χ2n) is 7.25. The van der Waals surface area contributed by atoms with E-state index in [1.807, 2.05) is 43.3 Å². The summed E-state index contributed by atoms with van der Waals surface area (Å²) >= 11 is 0. The fourth-order valence-electron chi connectivity index (χ4n) is 3.38. The van der Waals surface area contributed by atoms with Gasteiger partial charge in [0.25, 0.3) is 5.91 Å². The molecule has 0 saturated carbocycles. The molecule has 6 nitrogen and oxygen atoms in total. The normalized spacial score (nSPS) is 16.1. The van der Waals surface area contributed by atoms with Crippen LogP contribution in [0.1, 0.15) is 18.1 Å². The van der Waals surface area contributed by atoms with Crippen molar-refractivity contribution in [1.29, 1.82) is 0 Å². The standard InChI is InChI=1S/C21H27N3O3S/c1-3-18-5-4-6-19(15-18)22-21(25)16-23-11-13-24(14-12-23)28(26,27)20-9-7-17(2)8-10-20/h4-10,15H,3,11-14,16H2,1-2H3,(H,22,25)/p+1. The molecule has 7 heteroatoms. The van der Waals surface area contributed by atoms with Crippen LogP contribution in [-0.2, 0) is 21.2 Å². The van der Waals surface area contributed by atoms with Crippen molar-refractivity contribution in [3.05, 3.63) is 59.7 Å². The molecule has 28 heavy (non-hydrogen) atoms. The van der Waals surface area contributed by atoms with Gasteiger partial charge in [-0.1, -0.05) is 36.8 Å². The van der Waals surface area contributed by atoms with E-state index in [0.29, 0.717) is 37.6 Å². The molecule has 0 radical (unpaired) electrons. The number of hydrogen-bond acceptors (Lipinski definition) is 3. The Morgan fingerprint density at radius 3 is 2.43 bits per heavy atom. The number of hydrogen-bond donors (Lipinski definition) is 2. The van der Waals surface area contributed by atoms with Gasteiger partial charge in [0.2, 0.25) is 10.0 Å². The number of aryl methyl sites for hydroxylation is 2. The lowest BCUT2D eigenvalue weighted by molar-refractivity contribution is -0.895. The van der Waals surface area contributed by atoms with Crippen molar-refractivity contribution >= 4 is 21.6 Å². The summed E-state index contributed by atoms with van der Waals surface area (Å²) in [6.45, 7) is 6.43. The summed E-state index contributed by atoms with van der Waals surface area (Å²) in [7, 11) is -3.47. The number of amides is 1. The molecule has 1 amide bonds. The van der Waals surface area contributed by atoms with Crippen LogP contribution in [0.25, 0.3) is 0 Å². The van der Waals surface area contributed by atoms with Crippen LogP contribution in [0, 0.1) is 6.92 Å². The van der Waals surface area contributed by atoms with Gasteiger partial charge in [-0.15, -0.1) is 0 Å². The molecule has 1 saturated heterocycles. The summed E-state index contributed by atoms with van der Waals surface area (Å²) in [5, 5.41) is 2.94. The molecule has 150 valence electrons. The maximum atomic E-state index is 12.8. The van der Waals surface area contributed by atoms with Gasteiger partial charge < -0.3 is 10.2 Å². The van der Waals surface area contributed by atoms with Crippen LogP contribution in [0.4, 0.5) is 5.69 Å². The van der Waals surface area contributed by atoms with Gasteiger partial charge in [0.05, 0.1) is 31.1 Å². The average Bonchev–Trinajstić information content (AvgIpc) is 2.69. The molecule has 3 rings (SSSR count). The van der Waals surface area contributed by atoms with Gasteiger partial charge >= 0.3 is 0 Å². The summed E-state index contributed by atoms with van der Waals surface area (Å²) in [4.78, 5) is 13.8. The molecule has 0 atom stereocenters. The predicted octanol–water partition coefficient (Wildman–Crippen LogP) is 1.09. The minimum absolute atomic E-state index is 0.0434. The fraction of sp³-hybridized carbons (Fsp3) is 0.381. The van der Waals surface area contributed by atoms with Crippen LogP contribution >= 0.6 is 0 Å². The Hall–Kier alpha value is -2.22. The quantitative estimate of drug-likeness (QED) is 0.760. The molecule has 1 aliphatic rings. The van der Waals surface area contributed by atoms with Crippen molar-refractivity contribution in [3.8, 4) is 0 Å². The van der Waals surface area contributed by atoms with Crippen molar-refractivity contribution in [3.63, 3.8) is 0 Å². The second-order valence-corrected chi connectivity index (χ2v) is 9.18. The van der Waals surface area contributed by atoms with E-state index in [4.69, 9.17) is 0 Å². The molecular formula is C21H28N3O3S+. The summed E-state index contributed by atoms with van der Waals surface area (Å²) in [6.07, 6.45) is 0.923. The number of nitrogens with zero attached hydrogens (tertiary/aromatic N) is 1. The molecule has 0 spiro atoms. The van der Waals surface area contributed by atoms with Crippen molar-refractivity contribution in [2.45, 2.75) is 25.2 Å². The Labute approximate surface area is 167 Å². The number of anilines is 1. The molecule has 0 aliphatic carbocycles. The fourth-order valence-corrected chi connectivity index (χ4v) is 4.82. The van der Waals surface area contributed by atoms with E-state index in [1.54, 1.807) is 12.1 Å². The largest absolute Gasteiger partial charge is 0.325 e. The SMILES string of the molecule is CCc1cccc(NC(=O)C[NH+]2CCN(S(=O)(=O)c3ccc(C)cc3)CC2)c1. The van der Waals surface area contributed by atoms with Crippen molar-refractivity contribution < 1.29 is 18.1 Å². The highest BCUT2D eigenvalue weighted by molar-refractivity contribution is 7.89. The van der Waals surface area contributed by atoms with Crippen molar-refractivity contribution in [1.82, 2.24) is 4.31 Å². The zero-order valence-electron chi connectivity index (χ0n) is 16.4. The van der Waals surface area contributed by atoms with Gasteiger partial charge in [-0.2, -0.15) is 4.31 Å². The Kier molecular flexibility index (Phi) is 6.49. The molecule has 1 aliphatic heterocycles. The third kappa shape index (κ3) is 4.98. The van der Waals surface area contributed by atoms with Crippen LogP contribution in [0.2, 0.25) is 0 Å². The van der Waals surface area contributed by atoms with Crippen molar-refractivity contribution in [2.24, 2.45) is 0 Å².